The Morgan fingerprint density at radius 2 is 1.89 bits per heavy atom. The molecule has 144 valence electrons. The molecular formula is C24H25NO3. The van der Waals surface area contributed by atoms with E-state index in [1.165, 1.54) is 0 Å². The van der Waals surface area contributed by atoms with E-state index in [4.69, 9.17) is 4.42 Å². The number of pyridine rings is 1. The molecule has 2 heterocycles. The van der Waals surface area contributed by atoms with E-state index in [1.807, 2.05) is 48.5 Å². The van der Waals surface area contributed by atoms with Crippen molar-refractivity contribution in [1.29, 1.82) is 0 Å². The molecule has 0 bridgehead atoms. The summed E-state index contributed by atoms with van der Waals surface area (Å²) in [5.74, 6) is 0.854. The van der Waals surface area contributed by atoms with Crippen LogP contribution in [-0.2, 0) is 6.42 Å². The van der Waals surface area contributed by atoms with E-state index in [2.05, 4.69) is 11.9 Å². The van der Waals surface area contributed by atoms with E-state index in [0.717, 1.165) is 30.5 Å². The van der Waals surface area contributed by atoms with Gasteiger partial charge in [-0.1, -0.05) is 43.3 Å². The summed E-state index contributed by atoms with van der Waals surface area (Å²) in [4.78, 5) is 17.3. The van der Waals surface area contributed by atoms with Crippen LogP contribution in [0.3, 0.4) is 0 Å². The predicted octanol–water partition coefficient (Wildman–Crippen LogP) is 5.02. The normalized spacial score (nSPS) is 15.9. The third-order valence-corrected chi connectivity index (χ3v) is 5.63. The van der Waals surface area contributed by atoms with Crippen molar-refractivity contribution < 1.29 is 9.52 Å². The Kier molecular flexibility index (Phi) is 5.29. The maximum absolute atomic E-state index is 12.9. The number of rotatable bonds is 7. The molecule has 0 aliphatic heterocycles. The molecule has 1 aromatic carbocycles. The van der Waals surface area contributed by atoms with Crippen LogP contribution in [-0.4, -0.2) is 10.1 Å². The Bertz CT molecular complexity index is 978. The largest absolute Gasteiger partial charge is 0.507 e. The van der Waals surface area contributed by atoms with Gasteiger partial charge in [-0.15, -0.1) is 0 Å². The summed E-state index contributed by atoms with van der Waals surface area (Å²) in [7, 11) is 0. The van der Waals surface area contributed by atoms with E-state index in [0.29, 0.717) is 23.7 Å². The first-order valence-corrected chi connectivity index (χ1v) is 9.99. The molecule has 1 aliphatic carbocycles. The lowest BCUT2D eigenvalue weighted by atomic mass is 9.87. The molecule has 4 heteroatoms. The smallest absolute Gasteiger partial charge is 0.343 e. The van der Waals surface area contributed by atoms with Crippen LogP contribution in [0.2, 0.25) is 0 Å². The number of hydrogen-bond acceptors (Lipinski definition) is 4. The number of hydrogen-bond donors (Lipinski definition) is 1. The summed E-state index contributed by atoms with van der Waals surface area (Å²) in [5.41, 5.74) is 1.97. The molecule has 0 radical (unpaired) electrons. The highest BCUT2D eigenvalue weighted by Gasteiger charge is 2.37. The van der Waals surface area contributed by atoms with Gasteiger partial charge in [-0.2, -0.15) is 0 Å². The molecule has 4 rings (SSSR count). The minimum atomic E-state index is -0.421. The second-order valence-electron chi connectivity index (χ2n) is 7.59. The maximum atomic E-state index is 12.9. The summed E-state index contributed by atoms with van der Waals surface area (Å²) < 4.78 is 5.75. The zero-order chi connectivity index (χ0) is 19.5. The summed E-state index contributed by atoms with van der Waals surface area (Å²) in [6.45, 7) is 2.05. The van der Waals surface area contributed by atoms with Gasteiger partial charge in [0.25, 0.3) is 0 Å². The van der Waals surface area contributed by atoms with Crippen molar-refractivity contribution >= 4 is 0 Å². The van der Waals surface area contributed by atoms with Gasteiger partial charge < -0.3 is 9.52 Å². The molecule has 2 atom stereocenters. The average Bonchev–Trinajstić information content (AvgIpc) is 3.55. The van der Waals surface area contributed by atoms with Crippen molar-refractivity contribution in [3.63, 3.8) is 0 Å². The minimum absolute atomic E-state index is 0.00125. The first-order chi connectivity index (χ1) is 13.7. The Hall–Kier alpha value is -2.88. The monoisotopic (exact) mass is 375 g/mol. The Labute approximate surface area is 164 Å². The molecule has 1 fully saturated rings. The van der Waals surface area contributed by atoms with Gasteiger partial charge in [-0.3, -0.25) is 4.98 Å². The van der Waals surface area contributed by atoms with Gasteiger partial charge in [0, 0.05) is 29.8 Å². The van der Waals surface area contributed by atoms with Crippen LogP contribution in [0.1, 0.15) is 60.6 Å². The standard InChI is InChI=1S/C24H25NO3/c1-2-16(14-19-10-6-7-13-25-19)21-15-20(26)23(24(27)28-21)22(18-11-12-18)17-8-4-3-5-9-17/h3-10,13,15-16,18,22,26H,2,11-12,14H2,1H3. The molecule has 28 heavy (non-hydrogen) atoms. The van der Waals surface area contributed by atoms with E-state index in [-0.39, 0.29) is 17.6 Å². The maximum Gasteiger partial charge on any atom is 0.343 e. The number of nitrogens with zero attached hydrogens (tertiary/aromatic N) is 1. The lowest BCUT2D eigenvalue weighted by Crippen LogP contribution is -2.17. The second kappa shape index (κ2) is 8.01. The van der Waals surface area contributed by atoms with E-state index in [9.17, 15) is 9.90 Å². The highest BCUT2D eigenvalue weighted by Crippen LogP contribution is 2.47. The quantitative estimate of drug-likeness (QED) is 0.630. The van der Waals surface area contributed by atoms with Gasteiger partial charge in [0.1, 0.15) is 11.5 Å². The van der Waals surface area contributed by atoms with Crippen LogP contribution in [0.15, 0.2) is 70.0 Å². The zero-order valence-electron chi connectivity index (χ0n) is 16.0. The van der Waals surface area contributed by atoms with Crippen molar-refractivity contribution in [2.45, 2.75) is 44.4 Å². The number of aromatic nitrogens is 1. The SMILES string of the molecule is CCC(Cc1ccccn1)c1cc(O)c(C(c2ccccc2)C2CC2)c(=O)o1. The molecule has 4 nitrogen and oxygen atoms in total. The van der Waals surface area contributed by atoms with Crippen molar-refractivity contribution in [3.8, 4) is 5.75 Å². The van der Waals surface area contributed by atoms with Crippen molar-refractivity contribution in [2.75, 3.05) is 0 Å². The molecule has 2 aromatic heterocycles. The zero-order valence-corrected chi connectivity index (χ0v) is 16.0. The topological polar surface area (TPSA) is 63.3 Å². The fourth-order valence-electron chi connectivity index (χ4n) is 3.98. The molecule has 0 saturated heterocycles. The van der Waals surface area contributed by atoms with Gasteiger partial charge in [-0.05, 0) is 49.3 Å². The minimum Gasteiger partial charge on any atom is -0.507 e. The van der Waals surface area contributed by atoms with E-state index < -0.39 is 5.63 Å². The van der Waals surface area contributed by atoms with Gasteiger partial charge in [0.05, 0.1) is 5.56 Å². The highest BCUT2D eigenvalue weighted by atomic mass is 16.4. The fourth-order valence-corrected chi connectivity index (χ4v) is 3.98. The molecule has 0 spiro atoms. The van der Waals surface area contributed by atoms with Crippen molar-refractivity contribution in [2.24, 2.45) is 5.92 Å². The Morgan fingerprint density at radius 3 is 2.50 bits per heavy atom. The Balaban J connectivity index is 1.69. The molecule has 1 N–H and O–H groups in total. The highest BCUT2D eigenvalue weighted by molar-refractivity contribution is 5.42. The third-order valence-electron chi connectivity index (χ3n) is 5.63. The van der Waals surface area contributed by atoms with E-state index >= 15 is 0 Å². The van der Waals surface area contributed by atoms with Crippen LogP contribution < -0.4 is 5.63 Å². The summed E-state index contributed by atoms with van der Waals surface area (Å²) >= 11 is 0. The number of benzene rings is 1. The Morgan fingerprint density at radius 1 is 1.14 bits per heavy atom. The first-order valence-electron chi connectivity index (χ1n) is 9.99. The molecule has 2 unspecified atom stereocenters. The van der Waals surface area contributed by atoms with Crippen LogP contribution in [0, 0.1) is 5.92 Å². The van der Waals surface area contributed by atoms with Crippen LogP contribution in [0.25, 0.3) is 0 Å². The lowest BCUT2D eigenvalue weighted by molar-refractivity contribution is 0.378. The lowest BCUT2D eigenvalue weighted by Gasteiger charge is -2.19. The third kappa shape index (κ3) is 3.86. The summed E-state index contributed by atoms with van der Waals surface area (Å²) in [6, 6.07) is 17.4. The summed E-state index contributed by atoms with van der Waals surface area (Å²) in [5, 5.41) is 10.8. The van der Waals surface area contributed by atoms with Crippen molar-refractivity contribution in [3.05, 3.63) is 93.8 Å². The molecule has 0 amide bonds. The molecule has 3 aromatic rings. The fraction of sp³-hybridized carbons (Fsp3) is 0.333. The van der Waals surface area contributed by atoms with E-state index in [1.54, 1.807) is 12.3 Å². The van der Waals surface area contributed by atoms with Gasteiger partial charge in [0.2, 0.25) is 0 Å². The summed E-state index contributed by atoms with van der Waals surface area (Å²) in [6.07, 6.45) is 5.36. The average molecular weight is 375 g/mol. The molecule has 1 saturated carbocycles. The van der Waals surface area contributed by atoms with Crippen LogP contribution >= 0.6 is 0 Å². The van der Waals surface area contributed by atoms with Crippen LogP contribution in [0.5, 0.6) is 5.75 Å². The first kappa shape index (κ1) is 18.5. The van der Waals surface area contributed by atoms with Gasteiger partial charge in [0.15, 0.2) is 0 Å². The number of aromatic hydroxyl groups is 1. The van der Waals surface area contributed by atoms with Gasteiger partial charge in [-0.25, -0.2) is 4.79 Å². The molecule has 1 aliphatic rings. The second-order valence-corrected chi connectivity index (χ2v) is 7.59. The predicted molar refractivity (Wildman–Crippen MR) is 109 cm³/mol. The van der Waals surface area contributed by atoms with Gasteiger partial charge >= 0.3 is 5.63 Å². The van der Waals surface area contributed by atoms with Crippen LogP contribution in [0.4, 0.5) is 0 Å². The van der Waals surface area contributed by atoms with Crippen molar-refractivity contribution in [1.82, 2.24) is 4.98 Å². The molecular weight excluding hydrogens is 350 g/mol.